The van der Waals surface area contributed by atoms with Gasteiger partial charge in [0, 0.05) is 0 Å². The first-order valence-corrected chi connectivity index (χ1v) is 6.63. The second-order valence-corrected chi connectivity index (χ2v) is 4.65. The molecule has 0 saturated heterocycles. The van der Waals surface area contributed by atoms with Crippen molar-refractivity contribution in [1.82, 2.24) is 4.57 Å². The summed E-state index contributed by atoms with van der Waals surface area (Å²) in [6.07, 6.45) is 17.0. The van der Waals surface area contributed by atoms with Crippen molar-refractivity contribution in [2.24, 2.45) is 7.05 Å². The first-order valence-electron chi connectivity index (χ1n) is 6.63. The van der Waals surface area contributed by atoms with Crippen LogP contribution < -0.4 is 4.57 Å². The van der Waals surface area contributed by atoms with Crippen LogP contribution in [0.2, 0.25) is 0 Å². The highest BCUT2D eigenvalue weighted by Gasteiger charge is 1.98. The van der Waals surface area contributed by atoms with E-state index in [0.717, 1.165) is 6.42 Å². The molecule has 91 valence electrons. The lowest BCUT2D eigenvalue weighted by Gasteiger charge is -2.00. The van der Waals surface area contributed by atoms with Gasteiger partial charge >= 0.3 is 0 Å². The van der Waals surface area contributed by atoms with Crippen LogP contribution in [-0.2, 0) is 13.6 Å². The number of hydrogen-bond donors (Lipinski definition) is 0. The highest BCUT2D eigenvalue weighted by molar-refractivity contribution is 4.65. The molecule has 0 spiro atoms. The number of hydrogen-bond acceptors (Lipinski definition) is 0. The molecule has 0 N–H and O–H groups in total. The number of aryl methyl sites for hydroxylation is 2. The van der Waals surface area contributed by atoms with Crippen LogP contribution in [0.5, 0.6) is 0 Å². The molecule has 2 nitrogen and oxygen atoms in total. The maximum absolute atomic E-state index is 3.86. The van der Waals surface area contributed by atoms with Gasteiger partial charge in [-0.15, -0.1) is 0 Å². The Balaban J connectivity index is 1.88. The first-order chi connectivity index (χ1) is 7.83. The summed E-state index contributed by atoms with van der Waals surface area (Å²) >= 11 is 0. The Kier molecular flexibility index (Phi) is 6.95. The van der Waals surface area contributed by atoms with Crippen LogP contribution in [0.4, 0.5) is 0 Å². The van der Waals surface area contributed by atoms with Crippen molar-refractivity contribution in [1.29, 1.82) is 0 Å². The van der Waals surface area contributed by atoms with Gasteiger partial charge in [-0.1, -0.05) is 45.4 Å². The van der Waals surface area contributed by atoms with E-state index in [-0.39, 0.29) is 0 Å². The highest BCUT2D eigenvalue weighted by Crippen LogP contribution is 2.08. The van der Waals surface area contributed by atoms with Gasteiger partial charge in [-0.05, 0) is 12.8 Å². The van der Waals surface area contributed by atoms with Gasteiger partial charge in [-0.25, -0.2) is 9.13 Å². The summed E-state index contributed by atoms with van der Waals surface area (Å²) in [6.45, 7) is 5.03. The van der Waals surface area contributed by atoms with Crippen LogP contribution in [0.3, 0.4) is 0 Å². The van der Waals surface area contributed by atoms with Crippen LogP contribution in [0, 0.1) is 6.92 Å². The van der Waals surface area contributed by atoms with Gasteiger partial charge in [0.2, 0.25) is 6.33 Å². The van der Waals surface area contributed by atoms with E-state index in [0.29, 0.717) is 0 Å². The third kappa shape index (κ3) is 5.94. The van der Waals surface area contributed by atoms with Gasteiger partial charge in [0.1, 0.15) is 12.4 Å². The van der Waals surface area contributed by atoms with E-state index in [9.17, 15) is 0 Å². The zero-order valence-electron chi connectivity index (χ0n) is 10.7. The largest absolute Gasteiger partial charge is 0.243 e. The Morgan fingerprint density at radius 1 is 1.00 bits per heavy atom. The molecular weight excluding hydrogens is 196 g/mol. The van der Waals surface area contributed by atoms with E-state index in [1.807, 2.05) is 0 Å². The molecule has 0 amide bonds. The van der Waals surface area contributed by atoms with Crippen LogP contribution in [0.25, 0.3) is 0 Å². The summed E-state index contributed by atoms with van der Waals surface area (Å²) < 4.78 is 4.36. The van der Waals surface area contributed by atoms with Crippen LogP contribution >= 0.6 is 0 Å². The Bertz CT molecular complexity index is 265. The van der Waals surface area contributed by atoms with Gasteiger partial charge in [0.15, 0.2) is 0 Å². The molecule has 0 aliphatic carbocycles. The maximum atomic E-state index is 3.86. The summed E-state index contributed by atoms with van der Waals surface area (Å²) in [5.74, 6) is 0. The molecule has 1 heterocycles. The average molecular weight is 222 g/mol. The Morgan fingerprint density at radius 2 is 1.62 bits per heavy atom. The monoisotopic (exact) mass is 222 g/mol. The summed E-state index contributed by atoms with van der Waals surface area (Å²) in [5.41, 5.74) is 0. The van der Waals surface area contributed by atoms with Gasteiger partial charge in [-0.2, -0.15) is 0 Å². The van der Waals surface area contributed by atoms with E-state index in [4.69, 9.17) is 0 Å². The smallest absolute Gasteiger partial charge is 0.240 e. The zero-order valence-corrected chi connectivity index (χ0v) is 10.7. The molecule has 0 aromatic carbocycles. The topological polar surface area (TPSA) is 8.81 Å². The number of rotatable bonds is 9. The minimum Gasteiger partial charge on any atom is -0.240 e. The molecule has 1 aromatic rings. The summed E-state index contributed by atoms with van der Waals surface area (Å²) in [5, 5.41) is 0. The maximum Gasteiger partial charge on any atom is 0.243 e. The zero-order chi connectivity index (χ0) is 11.6. The summed E-state index contributed by atoms with van der Waals surface area (Å²) in [7, 11) is 2.07. The standard InChI is InChI=1S/C14H26N2/c1-3-4-5-6-7-8-9-10-11-16-13-12-15(2)14-16/h12-14H,1,3-11H2,2H3/q+1. The van der Waals surface area contributed by atoms with E-state index < -0.39 is 0 Å². The molecule has 1 radical (unpaired) electrons. The van der Waals surface area contributed by atoms with Gasteiger partial charge in [-0.3, -0.25) is 0 Å². The lowest BCUT2D eigenvalue weighted by Crippen LogP contribution is -2.23. The average Bonchev–Trinajstić information content (AvgIpc) is 2.68. The van der Waals surface area contributed by atoms with Crippen LogP contribution in [0.15, 0.2) is 18.7 Å². The minimum atomic E-state index is 1.10. The fraction of sp³-hybridized carbons (Fsp3) is 0.714. The van der Waals surface area contributed by atoms with Gasteiger partial charge in [0.25, 0.3) is 0 Å². The van der Waals surface area contributed by atoms with E-state index >= 15 is 0 Å². The van der Waals surface area contributed by atoms with Gasteiger partial charge in [0.05, 0.1) is 13.6 Å². The third-order valence-electron chi connectivity index (χ3n) is 2.99. The molecule has 0 aliphatic heterocycles. The van der Waals surface area contributed by atoms with E-state index in [1.165, 1.54) is 51.5 Å². The van der Waals surface area contributed by atoms with E-state index in [1.54, 1.807) is 0 Å². The van der Waals surface area contributed by atoms with Crippen molar-refractivity contribution >= 4 is 0 Å². The summed E-state index contributed by atoms with van der Waals surface area (Å²) in [4.78, 5) is 0. The number of imidazole rings is 1. The fourth-order valence-electron chi connectivity index (χ4n) is 1.99. The summed E-state index contributed by atoms with van der Waals surface area (Å²) in [6, 6.07) is 0. The van der Waals surface area contributed by atoms with Crippen molar-refractivity contribution in [3.63, 3.8) is 0 Å². The normalized spacial score (nSPS) is 10.9. The quantitative estimate of drug-likeness (QED) is 0.448. The SMILES string of the molecule is [CH2]CCCCCCCCCn1cc[n+](C)c1. The van der Waals surface area contributed by atoms with Crippen LogP contribution in [-0.4, -0.2) is 4.57 Å². The van der Waals surface area contributed by atoms with Crippen LogP contribution in [0.1, 0.15) is 51.4 Å². The molecular formula is C14H26N2+. The molecule has 1 rings (SSSR count). The molecule has 0 fully saturated rings. The first kappa shape index (κ1) is 13.3. The molecule has 16 heavy (non-hydrogen) atoms. The third-order valence-corrected chi connectivity index (χ3v) is 2.99. The number of nitrogens with zero attached hydrogens (tertiary/aromatic N) is 2. The molecule has 0 unspecified atom stereocenters. The molecule has 0 saturated carbocycles. The molecule has 0 atom stereocenters. The molecule has 0 aliphatic rings. The molecule has 1 aromatic heterocycles. The minimum absolute atomic E-state index is 1.10. The Hall–Kier alpha value is -0.790. The van der Waals surface area contributed by atoms with E-state index in [2.05, 4.69) is 41.8 Å². The highest BCUT2D eigenvalue weighted by atomic mass is 15.1. The van der Waals surface area contributed by atoms with Crippen molar-refractivity contribution < 1.29 is 4.57 Å². The fourth-order valence-corrected chi connectivity index (χ4v) is 1.99. The van der Waals surface area contributed by atoms with Crippen molar-refractivity contribution in [3.8, 4) is 0 Å². The number of aromatic nitrogens is 2. The second-order valence-electron chi connectivity index (χ2n) is 4.65. The molecule has 2 heteroatoms. The number of unbranched alkanes of at least 4 members (excludes halogenated alkanes) is 7. The van der Waals surface area contributed by atoms with Crippen molar-refractivity contribution in [2.45, 2.75) is 57.9 Å². The Morgan fingerprint density at radius 3 is 2.19 bits per heavy atom. The molecule has 0 bridgehead atoms. The Labute approximate surface area is 100 Å². The van der Waals surface area contributed by atoms with Gasteiger partial charge < -0.3 is 0 Å². The lowest BCUT2D eigenvalue weighted by molar-refractivity contribution is -0.671. The van der Waals surface area contributed by atoms with Crippen molar-refractivity contribution in [3.05, 3.63) is 25.6 Å². The van der Waals surface area contributed by atoms with Crippen molar-refractivity contribution in [2.75, 3.05) is 0 Å². The second kappa shape index (κ2) is 8.37. The predicted molar refractivity (Wildman–Crippen MR) is 67.9 cm³/mol. The predicted octanol–water partition coefficient (Wildman–Crippen LogP) is 3.27. The lowest BCUT2D eigenvalue weighted by atomic mass is 10.1.